The molecule has 5 nitrogen and oxygen atoms in total. The quantitative estimate of drug-likeness (QED) is 0.816. The number of fused-ring (bicyclic) bond motifs is 1. The van der Waals surface area contributed by atoms with Crippen LogP contribution in [0, 0.1) is 12.8 Å². The summed E-state index contributed by atoms with van der Waals surface area (Å²) in [6.07, 6.45) is -0.262. The van der Waals surface area contributed by atoms with Crippen LogP contribution in [0.4, 0.5) is 4.79 Å². The lowest BCUT2D eigenvalue weighted by molar-refractivity contribution is -0.0294. The van der Waals surface area contributed by atoms with Crippen LogP contribution in [0.5, 0.6) is 0 Å². The van der Waals surface area contributed by atoms with Gasteiger partial charge >= 0.3 is 6.09 Å². The summed E-state index contributed by atoms with van der Waals surface area (Å²) in [4.78, 5) is 17.0. The van der Waals surface area contributed by atoms with E-state index in [0.717, 1.165) is 17.1 Å². The zero-order valence-electron chi connectivity index (χ0n) is 15.0. The molecule has 0 aliphatic carbocycles. The highest BCUT2D eigenvalue weighted by atomic mass is 32.1. The number of thiazole rings is 1. The van der Waals surface area contributed by atoms with E-state index in [1.807, 2.05) is 27.7 Å². The fourth-order valence-electron chi connectivity index (χ4n) is 2.97. The number of benzene rings is 1. The van der Waals surface area contributed by atoms with Crippen molar-refractivity contribution in [2.45, 2.75) is 46.8 Å². The molecule has 1 aromatic heterocycles. The maximum Gasteiger partial charge on any atom is 0.424 e. The number of aryl methyl sites for hydroxylation is 1. The fraction of sp³-hybridized carbons (Fsp3) is 0.556. The number of carbonyl (C=O) groups is 1. The van der Waals surface area contributed by atoms with Crippen molar-refractivity contribution < 1.29 is 9.53 Å². The van der Waals surface area contributed by atoms with E-state index in [1.165, 1.54) is 10.3 Å². The average molecular weight is 347 g/mol. The van der Waals surface area contributed by atoms with Gasteiger partial charge in [0.1, 0.15) is 5.60 Å². The largest absolute Gasteiger partial charge is 0.443 e. The number of ether oxygens (including phenoxy) is 1. The van der Waals surface area contributed by atoms with Crippen LogP contribution in [-0.4, -0.2) is 39.8 Å². The normalized spacial score (nSPS) is 19.2. The first-order valence-corrected chi connectivity index (χ1v) is 9.14. The number of amides is 1. The van der Waals surface area contributed by atoms with Crippen molar-refractivity contribution in [1.29, 1.82) is 0 Å². The highest BCUT2D eigenvalue weighted by Crippen LogP contribution is 2.26. The van der Waals surface area contributed by atoms with E-state index < -0.39 is 5.60 Å². The Morgan fingerprint density at radius 1 is 1.38 bits per heavy atom. The molecule has 0 N–H and O–H groups in total. The van der Waals surface area contributed by atoms with Crippen molar-refractivity contribution in [2.24, 2.45) is 5.92 Å². The summed E-state index contributed by atoms with van der Waals surface area (Å²) < 4.78 is 6.74. The van der Waals surface area contributed by atoms with Crippen molar-refractivity contribution in [3.8, 4) is 0 Å². The molecule has 0 saturated carbocycles. The lowest BCUT2D eigenvalue weighted by Crippen LogP contribution is -2.43. The molecule has 1 aliphatic rings. The van der Waals surface area contributed by atoms with Crippen LogP contribution in [0.25, 0.3) is 10.2 Å². The molecule has 2 aromatic rings. The lowest BCUT2D eigenvalue weighted by atomic mass is 10.2. The smallest absolute Gasteiger partial charge is 0.424 e. The van der Waals surface area contributed by atoms with Crippen LogP contribution in [0.15, 0.2) is 18.2 Å². The van der Waals surface area contributed by atoms with Crippen molar-refractivity contribution in [2.75, 3.05) is 13.1 Å². The Morgan fingerprint density at radius 2 is 2.12 bits per heavy atom. The van der Waals surface area contributed by atoms with Gasteiger partial charge < -0.3 is 4.74 Å². The van der Waals surface area contributed by atoms with Gasteiger partial charge in [-0.2, -0.15) is 0 Å². The van der Waals surface area contributed by atoms with Gasteiger partial charge in [-0.05, 0) is 51.3 Å². The molecule has 0 bridgehead atoms. The first kappa shape index (κ1) is 17.2. The number of rotatable bonds is 2. The van der Waals surface area contributed by atoms with E-state index in [9.17, 15) is 4.79 Å². The Hall–Kier alpha value is -1.66. The van der Waals surface area contributed by atoms with E-state index in [0.29, 0.717) is 19.0 Å². The third-order valence-electron chi connectivity index (χ3n) is 3.88. The van der Waals surface area contributed by atoms with Crippen LogP contribution in [0.3, 0.4) is 0 Å². The summed E-state index contributed by atoms with van der Waals surface area (Å²) in [6, 6.07) is 6.33. The van der Waals surface area contributed by atoms with E-state index in [2.05, 4.69) is 35.1 Å². The average Bonchev–Trinajstić information content (AvgIpc) is 2.98. The first-order chi connectivity index (χ1) is 11.2. The van der Waals surface area contributed by atoms with E-state index >= 15 is 0 Å². The standard InChI is InChI=1S/C18H25N3O2S/c1-12-9-20(21(10-12)17(22)23-18(3,4)5)11-14-6-7-15-16(8-14)24-13(2)19-15/h6-8,12H,9-11H2,1-5H3/t12-/m1/s1. The Balaban J connectivity index is 1.76. The summed E-state index contributed by atoms with van der Waals surface area (Å²) >= 11 is 1.70. The van der Waals surface area contributed by atoms with Crippen molar-refractivity contribution in [3.05, 3.63) is 28.8 Å². The third kappa shape index (κ3) is 3.87. The van der Waals surface area contributed by atoms with Crippen LogP contribution in [-0.2, 0) is 11.3 Å². The summed E-state index contributed by atoms with van der Waals surface area (Å²) in [5.41, 5.74) is 1.75. The number of hydrogen-bond acceptors (Lipinski definition) is 5. The van der Waals surface area contributed by atoms with Gasteiger partial charge in [-0.1, -0.05) is 13.0 Å². The van der Waals surface area contributed by atoms with Gasteiger partial charge in [-0.3, -0.25) is 0 Å². The Bertz CT molecular complexity index is 750. The predicted octanol–water partition coefficient (Wildman–Crippen LogP) is 4.21. The first-order valence-electron chi connectivity index (χ1n) is 8.33. The zero-order chi connectivity index (χ0) is 17.5. The van der Waals surface area contributed by atoms with Gasteiger partial charge in [-0.15, -0.1) is 11.3 Å². The molecule has 130 valence electrons. The minimum Gasteiger partial charge on any atom is -0.443 e. The molecule has 1 atom stereocenters. The molecule has 0 spiro atoms. The summed E-state index contributed by atoms with van der Waals surface area (Å²) in [7, 11) is 0. The SMILES string of the molecule is Cc1nc2ccc(CN3C[C@@H](C)CN3C(=O)OC(C)(C)C)cc2s1. The number of hydrogen-bond donors (Lipinski definition) is 0. The Labute approximate surface area is 147 Å². The molecule has 0 unspecified atom stereocenters. The Morgan fingerprint density at radius 3 is 2.83 bits per heavy atom. The van der Waals surface area contributed by atoms with Crippen molar-refractivity contribution >= 4 is 27.6 Å². The number of carbonyl (C=O) groups excluding carboxylic acids is 1. The third-order valence-corrected chi connectivity index (χ3v) is 4.81. The van der Waals surface area contributed by atoms with Crippen LogP contribution in [0.2, 0.25) is 0 Å². The van der Waals surface area contributed by atoms with Gasteiger partial charge in [0.05, 0.1) is 15.2 Å². The maximum atomic E-state index is 12.5. The monoisotopic (exact) mass is 347 g/mol. The zero-order valence-corrected chi connectivity index (χ0v) is 15.8. The topological polar surface area (TPSA) is 45.7 Å². The van der Waals surface area contributed by atoms with E-state index in [4.69, 9.17) is 4.74 Å². The second-order valence-corrected chi connectivity index (χ2v) is 8.78. The van der Waals surface area contributed by atoms with Crippen molar-refractivity contribution in [1.82, 2.24) is 15.0 Å². The van der Waals surface area contributed by atoms with Crippen molar-refractivity contribution in [3.63, 3.8) is 0 Å². The highest BCUT2D eigenvalue weighted by molar-refractivity contribution is 7.18. The second-order valence-electron chi connectivity index (χ2n) is 7.55. The molecule has 1 aromatic carbocycles. The minimum absolute atomic E-state index is 0.262. The van der Waals surface area contributed by atoms with Crippen LogP contribution >= 0.6 is 11.3 Å². The lowest BCUT2D eigenvalue weighted by Gasteiger charge is -2.30. The molecule has 3 rings (SSSR count). The number of nitrogens with zero attached hydrogens (tertiary/aromatic N) is 3. The van der Waals surface area contributed by atoms with Gasteiger partial charge in [0.2, 0.25) is 0 Å². The molecule has 1 fully saturated rings. The van der Waals surface area contributed by atoms with Crippen LogP contribution in [0.1, 0.15) is 38.3 Å². The highest BCUT2D eigenvalue weighted by Gasteiger charge is 2.34. The van der Waals surface area contributed by atoms with Gasteiger partial charge in [0.15, 0.2) is 0 Å². The second kappa shape index (κ2) is 6.33. The molecule has 6 heteroatoms. The molecular weight excluding hydrogens is 322 g/mol. The molecule has 24 heavy (non-hydrogen) atoms. The minimum atomic E-state index is -0.479. The van der Waals surface area contributed by atoms with E-state index in [-0.39, 0.29) is 6.09 Å². The van der Waals surface area contributed by atoms with Gasteiger partial charge in [-0.25, -0.2) is 19.8 Å². The summed E-state index contributed by atoms with van der Waals surface area (Å²) in [5.74, 6) is 0.437. The maximum absolute atomic E-state index is 12.5. The predicted molar refractivity (Wildman–Crippen MR) is 96.9 cm³/mol. The molecule has 0 radical (unpaired) electrons. The fourth-order valence-corrected chi connectivity index (χ4v) is 3.87. The number of aromatic nitrogens is 1. The van der Waals surface area contributed by atoms with Gasteiger partial charge in [0, 0.05) is 19.6 Å². The molecule has 1 aliphatic heterocycles. The molecule has 1 amide bonds. The molecule has 1 saturated heterocycles. The number of hydrazine groups is 1. The summed E-state index contributed by atoms with van der Waals surface area (Å²) in [6.45, 7) is 12.1. The van der Waals surface area contributed by atoms with Crippen LogP contribution < -0.4 is 0 Å². The molecular formula is C18H25N3O2S. The Kier molecular flexibility index (Phi) is 4.53. The van der Waals surface area contributed by atoms with E-state index in [1.54, 1.807) is 16.3 Å². The molecule has 2 heterocycles. The van der Waals surface area contributed by atoms with Gasteiger partial charge in [0.25, 0.3) is 0 Å². The summed E-state index contributed by atoms with van der Waals surface area (Å²) in [5, 5.41) is 4.92.